The summed E-state index contributed by atoms with van der Waals surface area (Å²) in [5, 5.41) is 5.64. The molecule has 4 aliphatic carbocycles. The van der Waals surface area contributed by atoms with E-state index in [9.17, 15) is 19.2 Å². The van der Waals surface area contributed by atoms with Crippen LogP contribution < -0.4 is 10.6 Å². The molecule has 0 radical (unpaired) electrons. The average molecular weight is 420 g/mol. The number of nitrogens with one attached hydrogen (secondary N) is 2. The first-order valence-corrected chi connectivity index (χ1v) is 11.2. The van der Waals surface area contributed by atoms with Gasteiger partial charge in [-0.2, -0.15) is 0 Å². The lowest BCUT2D eigenvalue weighted by Gasteiger charge is -2.59. The van der Waals surface area contributed by atoms with Crippen LogP contribution in [0.3, 0.4) is 0 Å². The number of imide groups is 1. The summed E-state index contributed by atoms with van der Waals surface area (Å²) in [6.45, 7) is 4.60. The minimum atomic E-state index is -0.998. The Hall–Kier alpha value is -2.12. The maximum absolute atomic E-state index is 12.4. The molecule has 4 bridgehead atoms. The second kappa shape index (κ2) is 7.54. The van der Waals surface area contributed by atoms with Crippen LogP contribution in [0.2, 0.25) is 0 Å². The third-order valence-electron chi connectivity index (χ3n) is 8.09. The Morgan fingerprint density at radius 2 is 1.73 bits per heavy atom. The number of amides is 4. The molecule has 4 saturated carbocycles. The van der Waals surface area contributed by atoms with Crippen molar-refractivity contribution in [3.8, 4) is 0 Å². The van der Waals surface area contributed by atoms with E-state index in [-0.39, 0.29) is 17.4 Å². The molecular formula is C22H33N3O5. The van der Waals surface area contributed by atoms with Crippen molar-refractivity contribution in [3.05, 3.63) is 0 Å². The maximum atomic E-state index is 12.4. The van der Waals surface area contributed by atoms with E-state index in [1.54, 1.807) is 13.8 Å². The molecule has 0 unspecified atom stereocenters. The van der Waals surface area contributed by atoms with Crippen LogP contribution in [0.15, 0.2) is 0 Å². The molecule has 5 rings (SSSR count). The van der Waals surface area contributed by atoms with Gasteiger partial charge in [-0.25, -0.2) is 4.79 Å². The largest absolute Gasteiger partial charge is 0.454 e. The van der Waals surface area contributed by atoms with Crippen LogP contribution in [-0.2, 0) is 19.1 Å². The molecule has 1 heterocycles. The Morgan fingerprint density at radius 1 is 1.17 bits per heavy atom. The van der Waals surface area contributed by atoms with Crippen molar-refractivity contribution in [3.63, 3.8) is 0 Å². The molecule has 0 aromatic rings. The predicted molar refractivity (Wildman–Crippen MR) is 108 cm³/mol. The van der Waals surface area contributed by atoms with Gasteiger partial charge >= 0.3 is 12.0 Å². The van der Waals surface area contributed by atoms with Crippen molar-refractivity contribution >= 4 is 23.8 Å². The van der Waals surface area contributed by atoms with Gasteiger partial charge in [-0.15, -0.1) is 0 Å². The molecule has 1 saturated heterocycles. The first kappa shape index (κ1) is 21.1. The highest BCUT2D eigenvalue weighted by atomic mass is 16.5. The average Bonchev–Trinajstić information content (AvgIpc) is 2.89. The SMILES string of the molecule is CC[C@@]1(C)NC(=O)N(CC(=O)OCC(=O)N[C@@H](C)C23CC4CC(CC(C4)C2)C3)C1=O. The number of nitrogens with zero attached hydrogens (tertiary/aromatic N) is 1. The molecule has 5 fully saturated rings. The van der Waals surface area contributed by atoms with Crippen LogP contribution in [0.25, 0.3) is 0 Å². The lowest BCUT2D eigenvalue weighted by atomic mass is 9.48. The van der Waals surface area contributed by atoms with Crippen molar-refractivity contribution < 1.29 is 23.9 Å². The van der Waals surface area contributed by atoms with Crippen molar-refractivity contribution in [1.82, 2.24) is 15.5 Å². The Kier molecular flexibility index (Phi) is 5.31. The molecule has 30 heavy (non-hydrogen) atoms. The summed E-state index contributed by atoms with van der Waals surface area (Å²) in [4.78, 5) is 49.7. The first-order chi connectivity index (χ1) is 14.1. The minimum absolute atomic E-state index is 0.0494. The normalized spacial score (nSPS) is 37.8. The van der Waals surface area contributed by atoms with E-state index in [0.29, 0.717) is 6.42 Å². The Balaban J connectivity index is 1.26. The molecule has 5 aliphatic rings. The number of carbonyl (C=O) groups is 4. The van der Waals surface area contributed by atoms with E-state index in [0.717, 1.165) is 22.7 Å². The van der Waals surface area contributed by atoms with Crippen LogP contribution in [0.1, 0.15) is 65.7 Å². The number of rotatable bonds is 7. The summed E-state index contributed by atoms with van der Waals surface area (Å²) < 4.78 is 5.06. The Bertz CT molecular complexity index is 731. The number of carbonyl (C=O) groups excluding carboxylic acids is 4. The molecule has 0 aromatic carbocycles. The van der Waals surface area contributed by atoms with Crippen LogP contribution in [0.5, 0.6) is 0 Å². The fourth-order valence-electron chi connectivity index (χ4n) is 6.60. The maximum Gasteiger partial charge on any atom is 0.326 e. The van der Waals surface area contributed by atoms with Gasteiger partial charge in [0.05, 0.1) is 0 Å². The van der Waals surface area contributed by atoms with E-state index in [2.05, 4.69) is 17.6 Å². The number of hydrogen-bond donors (Lipinski definition) is 2. The van der Waals surface area contributed by atoms with Gasteiger partial charge in [0.15, 0.2) is 6.61 Å². The number of urea groups is 1. The van der Waals surface area contributed by atoms with Crippen LogP contribution in [0, 0.1) is 23.2 Å². The standard InChI is InChI=1S/C22H33N3O5/c1-4-21(3)19(28)25(20(29)24-21)11-18(27)30-12-17(26)23-13(2)22-8-14-5-15(9-22)7-16(6-14)10-22/h13-16H,4-12H2,1-3H3,(H,23,26)(H,24,29)/t13-,14?,15?,16?,21+,22?/m0/s1. The first-order valence-electron chi connectivity index (χ1n) is 11.2. The zero-order valence-electron chi connectivity index (χ0n) is 18.2. The summed E-state index contributed by atoms with van der Waals surface area (Å²) in [5.74, 6) is 0.842. The van der Waals surface area contributed by atoms with Crippen molar-refractivity contribution in [1.29, 1.82) is 0 Å². The van der Waals surface area contributed by atoms with Crippen LogP contribution in [-0.4, -0.2) is 53.4 Å². The van der Waals surface area contributed by atoms with Gasteiger partial charge in [-0.3, -0.25) is 19.3 Å². The molecule has 1 aliphatic heterocycles. The number of esters is 1. The van der Waals surface area contributed by atoms with Gasteiger partial charge in [0.25, 0.3) is 11.8 Å². The van der Waals surface area contributed by atoms with E-state index in [1.807, 2.05) is 0 Å². The van der Waals surface area contributed by atoms with Crippen molar-refractivity contribution in [2.24, 2.45) is 23.2 Å². The van der Waals surface area contributed by atoms with E-state index < -0.39 is 36.6 Å². The van der Waals surface area contributed by atoms with E-state index in [4.69, 9.17) is 4.74 Å². The molecule has 4 amide bonds. The summed E-state index contributed by atoms with van der Waals surface area (Å²) in [6, 6.07) is -0.561. The third-order valence-corrected chi connectivity index (χ3v) is 8.09. The fourth-order valence-corrected chi connectivity index (χ4v) is 6.60. The highest BCUT2D eigenvalue weighted by Gasteiger charge is 2.53. The summed E-state index contributed by atoms with van der Waals surface area (Å²) in [6.07, 6.45) is 8.01. The monoisotopic (exact) mass is 419 g/mol. The fraction of sp³-hybridized carbons (Fsp3) is 0.818. The second-order valence-electron chi connectivity index (χ2n) is 10.2. The molecule has 0 spiro atoms. The highest BCUT2D eigenvalue weighted by molar-refractivity contribution is 6.08. The van der Waals surface area contributed by atoms with Gasteiger partial charge in [0.1, 0.15) is 12.1 Å². The quantitative estimate of drug-likeness (QED) is 0.485. The number of ether oxygens (including phenoxy) is 1. The summed E-state index contributed by atoms with van der Waals surface area (Å²) in [5.41, 5.74) is -0.818. The van der Waals surface area contributed by atoms with Crippen LogP contribution >= 0.6 is 0 Å². The van der Waals surface area contributed by atoms with Crippen molar-refractivity contribution in [2.75, 3.05) is 13.2 Å². The summed E-state index contributed by atoms with van der Waals surface area (Å²) in [7, 11) is 0. The van der Waals surface area contributed by atoms with E-state index >= 15 is 0 Å². The highest BCUT2D eigenvalue weighted by Crippen LogP contribution is 2.61. The van der Waals surface area contributed by atoms with Gasteiger partial charge in [0, 0.05) is 6.04 Å². The van der Waals surface area contributed by atoms with Gasteiger partial charge in [0.2, 0.25) is 0 Å². The Morgan fingerprint density at radius 3 is 2.23 bits per heavy atom. The van der Waals surface area contributed by atoms with E-state index in [1.165, 1.54) is 38.5 Å². The topological polar surface area (TPSA) is 105 Å². The molecule has 166 valence electrons. The molecule has 8 nitrogen and oxygen atoms in total. The molecule has 8 heteroatoms. The van der Waals surface area contributed by atoms with Crippen molar-refractivity contribution in [2.45, 2.75) is 77.3 Å². The molecule has 0 aromatic heterocycles. The lowest BCUT2D eigenvalue weighted by Crippen LogP contribution is -2.56. The summed E-state index contributed by atoms with van der Waals surface area (Å²) >= 11 is 0. The lowest BCUT2D eigenvalue weighted by molar-refractivity contribution is -0.151. The smallest absolute Gasteiger partial charge is 0.326 e. The van der Waals surface area contributed by atoms with Gasteiger partial charge in [-0.1, -0.05) is 6.92 Å². The number of hydrogen-bond acceptors (Lipinski definition) is 5. The molecular weight excluding hydrogens is 386 g/mol. The zero-order valence-corrected chi connectivity index (χ0v) is 18.2. The minimum Gasteiger partial charge on any atom is -0.454 e. The predicted octanol–water partition coefficient (Wildman–Crippen LogP) is 1.97. The molecule has 2 atom stereocenters. The Labute approximate surface area is 177 Å². The second-order valence-corrected chi connectivity index (χ2v) is 10.2. The third kappa shape index (κ3) is 3.69. The molecule has 2 N–H and O–H groups in total. The van der Waals surface area contributed by atoms with Gasteiger partial charge in [-0.05, 0) is 82.0 Å². The van der Waals surface area contributed by atoms with Gasteiger partial charge < -0.3 is 15.4 Å². The van der Waals surface area contributed by atoms with Crippen LogP contribution in [0.4, 0.5) is 4.79 Å². The zero-order chi connectivity index (χ0) is 21.7.